The number of anilines is 3. The third-order valence-electron chi connectivity index (χ3n) is 4.27. The minimum atomic E-state index is -0.535. The van der Waals surface area contributed by atoms with E-state index in [1.165, 1.54) is 6.33 Å². The smallest absolute Gasteiger partial charge is 0.409 e. The van der Waals surface area contributed by atoms with Crippen molar-refractivity contribution in [1.82, 2.24) is 14.9 Å². The Kier molecular flexibility index (Phi) is 6.55. The Bertz CT molecular complexity index is 921. The van der Waals surface area contributed by atoms with Gasteiger partial charge in [-0.05, 0) is 25.1 Å². The summed E-state index contributed by atoms with van der Waals surface area (Å²) < 4.78 is 4.99. The zero-order valence-corrected chi connectivity index (χ0v) is 17.0. The molecule has 1 aromatic carbocycles. The molecule has 1 aliphatic rings. The van der Waals surface area contributed by atoms with Crippen LogP contribution in [0.25, 0.3) is 0 Å². The summed E-state index contributed by atoms with van der Waals surface area (Å²) in [5.74, 6) is 0.210. The molecule has 0 aliphatic carbocycles. The number of benzene rings is 1. The number of halogens is 2. The summed E-state index contributed by atoms with van der Waals surface area (Å²) in [5.41, 5.74) is 0.238. The summed E-state index contributed by atoms with van der Waals surface area (Å²) in [7, 11) is 0. The standard InChI is InChI=1S/C17H18Cl2N6O4/c1-2-29-17(26)24-7-5-23(6-8-24)16-14(25(27)28)15(20-10-21-16)22-11-3-4-12(18)13(19)9-11/h3-4,9-10H,2,5-8H2,1H3,(H,20,21,22). The van der Waals surface area contributed by atoms with Crippen molar-refractivity contribution < 1.29 is 14.5 Å². The first-order valence-electron chi connectivity index (χ1n) is 8.78. The molecule has 12 heteroatoms. The number of hydrogen-bond acceptors (Lipinski definition) is 8. The van der Waals surface area contributed by atoms with Gasteiger partial charge in [-0.15, -0.1) is 0 Å². The minimum Gasteiger partial charge on any atom is -0.450 e. The highest BCUT2D eigenvalue weighted by atomic mass is 35.5. The van der Waals surface area contributed by atoms with Crippen LogP contribution in [0.5, 0.6) is 0 Å². The van der Waals surface area contributed by atoms with Crippen LogP contribution in [0.2, 0.25) is 10.0 Å². The lowest BCUT2D eigenvalue weighted by atomic mass is 10.3. The maximum absolute atomic E-state index is 11.8. The molecule has 0 unspecified atom stereocenters. The summed E-state index contributed by atoms with van der Waals surface area (Å²) in [6.07, 6.45) is 0.853. The van der Waals surface area contributed by atoms with Crippen molar-refractivity contribution >= 4 is 52.3 Å². The average Bonchev–Trinajstić information content (AvgIpc) is 2.71. The van der Waals surface area contributed by atoms with Crippen LogP contribution in [0.3, 0.4) is 0 Å². The minimum absolute atomic E-state index is 0.0335. The molecule has 0 bridgehead atoms. The highest BCUT2D eigenvalue weighted by molar-refractivity contribution is 6.42. The molecule has 0 atom stereocenters. The highest BCUT2D eigenvalue weighted by Crippen LogP contribution is 2.35. The van der Waals surface area contributed by atoms with E-state index in [0.717, 1.165) is 0 Å². The number of carbonyl (C=O) groups excluding carboxylic acids is 1. The molecule has 1 aromatic heterocycles. The normalized spacial score (nSPS) is 13.9. The van der Waals surface area contributed by atoms with Gasteiger partial charge in [-0.2, -0.15) is 0 Å². The van der Waals surface area contributed by atoms with E-state index in [2.05, 4.69) is 15.3 Å². The third-order valence-corrected chi connectivity index (χ3v) is 5.01. The predicted octanol–water partition coefficient (Wildman–Crippen LogP) is 3.71. The Morgan fingerprint density at radius 3 is 2.59 bits per heavy atom. The first-order valence-corrected chi connectivity index (χ1v) is 9.54. The number of nitro groups is 1. The second-order valence-electron chi connectivity index (χ2n) is 6.08. The van der Waals surface area contributed by atoms with Gasteiger partial charge in [0.15, 0.2) is 0 Å². The molecular formula is C17H18Cl2N6O4. The van der Waals surface area contributed by atoms with E-state index in [4.69, 9.17) is 27.9 Å². The van der Waals surface area contributed by atoms with Gasteiger partial charge in [0.2, 0.25) is 11.6 Å². The van der Waals surface area contributed by atoms with Gasteiger partial charge in [0.05, 0.1) is 21.6 Å². The van der Waals surface area contributed by atoms with Crippen molar-refractivity contribution in [3.8, 4) is 0 Å². The fourth-order valence-electron chi connectivity index (χ4n) is 2.89. The number of piperazine rings is 1. The molecule has 2 heterocycles. The number of carbonyl (C=O) groups is 1. The monoisotopic (exact) mass is 440 g/mol. The molecule has 3 rings (SSSR count). The molecule has 10 nitrogen and oxygen atoms in total. The topological polar surface area (TPSA) is 114 Å². The Hall–Kier alpha value is -2.85. The second-order valence-corrected chi connectivity index (χ2v) is 6.89. The lowest BCUT2D eigenvalue weighted by Gasteiger charge is -2.34. The number of nitrogens with one attached hydrogen (secondary N) is 1. The van der Waals surface area contributed by atoms with Crippen LogP contribution in [-0.2, 0) is 4.74 Å². The van der Waals surface area contributed by atoms with E-state index in [0.29, 0.717) is 48.5 Å². The summed E-state index contributed by atoms with van der Waals surface area (Å²) in [6, 6.07) is 4.76. The number of aromatic nitrogens is 2. The molecule has 29 heavy (non-hydrogen) atoms. The summed E-state index contributed by atoms with van der Waals surface area (Å²) in [6.45, 7) is 3.53. The summed E-state index contributed by atoms with van der Waals surface area (Å²) in [5, 5.41) is 15.4. The molecule has 1 aliphatic heterocycles. The first-order chi connectivity index (χ1) is 13.9. The van der Waals surface area contributed by atoms with Gasteiger partial charge in [0.25, 0.3) is 0 Å². The second kappa shape index (κ2) is 9.10. The third kappa shape index (κ3) is 4.77. The van der Waals surface area contributed by atoms with Crippen LogP contribution in [0.4, 0.5) is 27.8 Å². The van der Waals surface area contributed by atoms with Crippen LogP contribution in [-0.4, -0.2) is 58.7 Å². The quantitative estimate of drug-likeness (QED) is 0.552. The fourth-order valence-corrected chi connectivity index (χ4v) is 3.18. The van der Waals surface area contributed by atoms with Gasteiger partial charge in [0.1, 0.15) is 6.33 Å². The van der Waals surface area contributed by atoms with Gasteiger partial charge < -0.3 is 19.9 Å². The Morgan fingerprint density at radius 1 is 1.24 bits per heavy atom. The molecule has 0 spiro atoms. The van der Waals surface area contributed by atoms with Crippen molar-refractivity contribution in [2.45, 2.75) is 6.92 Å². The Labute approximate surface area is 176 Å². The number of rotatable bonds is 5. The van der Waals surface area contributed by atoms with E-state index in [1.807, 2.05) is 0 Å². The average molecular weight is 441 g/mol. The first kappa shape index (κ1) is 20.9. The zero-order chi connectivity index (χ0) is 21.0. The van der Waals surface area contributed by atoms with Gasteiger partial charge >= 0.3 is 11.8 Å². The fraction of sp³-hybridized carbons (Fsp3) is 0.353. The molecule has 0 saturated carbocycles. The van der Waals surface area contributed by atoms with Crippen LogP contribution < -0.4 is 10.2 Å². The maximum atomic E-state index is 11.8. The molecule has 1 fully saturated rings. The van der Waals surface area contributed by atoms with Gasteiger partial charge in [0, 0.05) is 31.9 Å². The van der Waals surface area contributed by atoms with E-state index >= 15 is 0 Å². The SMILES string of the molecule is CCOC(=O)N1CCN(c2ncnc(Nc3ccc(Cl)c(Cl)c3)c2[N+](=O)[O-])CC1. The number of hydrogen-bond donors (Lipinski definition) is 1. The highest BCUT2D eigenvalue weighted by Gasteiger charge is 2.30. The van der Waals surface area contributed by atoms with Crippen LogP contribution in [0, 0.1) is 10.1 Å². The van der Waals surface area contributed by atoms with Crippen molar-refractivity contribution in [1.29, 1.82) is 0 Å². The zero-order valence-electron chi connectivity index (χ0n) is 15.5. The molecule has 154 valence electrons. The van der Waals surface area contributed by atoms with Gasteiger partial charge in [-0.1, -0.05) is 23.2 Å². The molecular weight excluding hydrogens is 423 g/mol. The predicted molar refractivity (Wildman–Crippen MR) is 109 cm³/mol. The lowest BCUT2D eigenvalue weighted by molar-refractivity contribution is -0.383. The molecule has 0 radical (unpaired) electrons. The number of nitrogens with zero attached hydrogens (tertiary/aromatic N) is 5. The van der Waals surface area contributed by atoms with Crippen molar-refractivity contribution in [2.24, 2.45) is 0 Å². The van der Waals surface area contributed by atoms with Crippen molar-refractivity contribution in [3.63, 3.8) is 0 Å². The molecule has 1 N–H and O–H groups in total. The molecule has 2 aromatic rings. The van der Waals surface area contributed by atoms with E-state index in [-0.39, 0.29) is 17.3 Å². The van der Waals surface area contributed by atoms with E-state index in [1.54, 1.807) is 34.9 Å². The Morgan fingerprint density at radius 2 is 1.97 bits per heavy atom. The van der Waals surface area contributed by atoms with E-state index < -0.39 is 11.0 Å². The van der Waals surface area contributed by atoms with Crippen molar-refractivity contribution in [2.75, 3.05) is 43.0 Å². The Balaban J connectivity index is 1.83. The summed E-state index contributed by atoms with van der Waals surface area (Å²) in [4.78, 5) is 34.5. The number of ether oxygens (including phenoxy) is 1. The molecule has 1 amide bonds. The molecule has 1 saturated heterocycles. The summed E-state index contributed by atoms with van der Waals surface area (Å²) >= 11 is 11.9. The number of amides is 1. The van der Waals surface area contributed by atoms with E-state index in [9.17, 15) is 14.9 Å². The van der Waals surface area contributed by atoms with Gasteiger partial charge in [-0.3, -0.25) is 10.1 Å². The van der Waals surface area contributed by atoms with Crippen LogP contribution >= 0.6 is 23.2 Å². The maximum Gasteiger partial charge on any atom is 0.409 e. The van der Waals surface area contributed by atoms with Gasteiger partial charge in [-0.25, -0.2) is 14.8 Å². The lowest BCUT2D eigenvalue weighted by Crippen LogP contribution is -2.49. The van der Waals surface area contributed by atoms with Crippen LogP contribution in [0.15, 0.2) is 24.5 Å². The largest absolute Gasteiger partial charge is 0.450 e. The van der Waals surface area contributed by atoms with Crippen LogP contribution in [0.1, 0.15) is 6.92 Å². The van der Waals surface area contributed by atoms with Crippen molar-refractivity contribution in [3.05, 3.63) is 44.7 Å².